The number of pyridine rings is 1. The zero-order chi connectivity index (χ0) is 20.8. The van der Waals surface area contributed by atoms with Gasteiger partial charge in [0.15, 0.2) is 5.82 Å². The first-order valence-corrected chi connectivity index (χ1v) is 11.8. The molecule has 0 N–H and O–H groups in total. The van der Waals surface area contributed by atoms with E-state index in [0.29, 0.717) is 12.0 Å². The minimum Gasteiger partial charge on any atom is -0.357 e. The second-order valence-electron chi connectivity index (χ2n) is 9.02. The summed E-state index contributed by atoms with van der Waals surface area (Å²) in [5, 5.41) is 10.2. The molecule has 0 spiro atoms. The molecule has 1 aliphatic carbocycles. The van der Waals surface area contributed by atoms with Crippen molar-refractivity contribution in [2.24, 2.45) is 0 Å². The van der Waals surface area contributed by atoms with Crippen LogP contribution in [0.2, 0.25) is 5.02 Å². The topological polar surface area (TPSA) is 50.1 Å². The van der Waals surface area contributed by atoms with Crippen LogP contribution in [0.5, 0.6) is 0 Å². The highest BCUT2D eigenvalue weighted by Gasteiger charge is 2.33. The molecular formula is C24H27ClN6. The Kier molecular flexibility index (Phi) is 4.92. The molecule has 0 radical (unpaired) electrons. The Balaban J connectivity index is 1.31. The van der Waals surface area contributed by atoms with Gasteiger partial charge in [-0.05, 0) is 61.6 Å². The van der Waals surface area contributed by atoms with Crippen LogP contribution in [-0.2, 0) is 13.1 Å². The third-order valence-corrected chi connectivity index (χ3v) is 7.42. The first kappa shape index (κ1) is 19.3. The molecule has 31 heavy (non-hydrogen) atoms. The first-order valence-electron chi connectivity index (χ1n) is 11.4. The van der Waals surface area contributed by atoms with Gasteiger partial charge < -0.3 is 4.90 Å². The zero-order valence-corrected chi connectivity index (χ0v) is 18.4. The van der Waals surface area contributed by atoms with Gasteiger partial charge in [0, 0.05) is 42.8 Å². The molecule has 2 aromatic heterocycles. The summed E-state index contributed by atoms with van der Waals surface area (Å²) in [4.78, 5) is 9.47. The Morgan fingerprint density at radius 3 is 2.55 bits per heavy atom. The number of hydrogen-bond acceptors (Lipinski definition) is 5. The Labute approximate surface area is 187 Å². The zero-order valence-electron chi connectivity index (χ0n) is 17.6. The van der Waals surface area contributed by atoms with Crippen molar-refractivity contribution in [3.8, 4) is 5.69 Å². The van der Waals surface area contributed by atoms with E-state index in [1.165, 1.54) is 30.5 Å². The van der Waals surface area contributed by atoms with Gasteiger partial charge in [0.1, 0.15) is 11.6 Å². The predicted octanol–water partition coefficient (Wildman–Crippen LogP) is 4.57. The fraction of sp³-hybridized carbons (Fsp3) is 0.458. The average molecular weight is 435 g/mol. The number of rotatable bonds is 3. The average Bonchev–Trinajstić information content (AvgIpc) is 3.10. The van der Waals surface area contributed by atoms with Gasteiger partial charge in [0.25, 0.3) is 0 Å². The van der Waals surface area contributed by atoms with Gasteiger partial charge in [0.05, 0.1) is 12.2 Å². The maximum Gasteiger partial charge on any atom is 0.151 e. The molecule has 0 unspecified atom stereocenters. The molecule has 1 aromatic carbocycles. The number of benzene rings is 1. The number of anilines is 1. The van der Waals surface area contributed by atoms with Gasteiger partial charge in [-0.3, -0.25) is 9.47 Å². The van der Waals surface area contributed by atoms with Crippen molar-refractivity contribution in [2.75, 3.05) is 18.0 Å². The molecule has 7 heteroatoms. The van der Waals surface area contributed by atoms with Crippen LogP contribution in [0, 0.1) is 0 Å². The van der Waals surface area contributed by atoms with E-state index in [9.17, 15) is 0 Å². The van der Waals surface area contributed by atoms with Crippen molar-refractivity contribution in [1.82, 2.24) is 24.6 Å². The van der Waals surface area contributed by atoms with Crippen LogP contribution in [0.25, 0.3) is 5.69 Å². The van der Waals surface area contributed by atoms with Crippen molar-refractivity contribution in [1.29, 1.82) is 0 Å². The molecule has 4 heterocycles. The number of halogens is 1. The smallest absolute Gasteiger partial charge is 0.151 e. The summed E-state index contributed by atoms with van der Waals surface area (Å²) >= 11 is 6.40. The summed E-state index contributed by atoms with van der Waals surface area (Å²) in [5.74, 6) is 3.64. The van der Waals surface area contributed by atoms with Crippen LogP contribution < -0.4 is 4.90 Å². The second kappa shape index (κ2) is 7.92. The molecule has 6 rings (SSSR count). The lowest BCUT2D eigenvalue weighted by atomic mass is 9.91. The second-order valence-corrected chi connectivity index (χ2v) is 9.46. The largest absolute Gasteiger partial charge is 0.357 e. The van der Waals surface area contributed by atoms with Crippen LogP contribution in [0.1, 0.15) is 55.2 Å². The van der Waals surface area contributed by atoms with Gasteiger partial charge in [-0.15, -0.1) is 10.2 Å². The molecule has 0 amide bonds. The van der Waals surface area contributed by atoms with Gasteiger partial charge in [0.2, 0.25) is 0 Å². The van der Waals surface area contributed by atoms with E-state index in [0.717, 1.165) is 61.5 Å². The van der Waals surface area contributed by atoms with Crippen LogP contribution in [0.3, 0.4) is 0 Å². The molecule has 3 aliphatic rings. The normalized spacial score (nSPS) is 20.1. The van der Waals surface area contributed by atoms with Gasteiger partial charge in [-0.1, -0.05) is 24.1 Å². The SMILES string of the molecule is Clc1ccc2c(c1)CN(C1CCC1)Cc1nnc(C3CCN(c4ccccn4)CC3)n1-2. The molecule has 3 aromatic rings. The molecule has 160 valence electrons. The van der Waals surface area contributed by atoms with E-state index in [2.05, 4.69) is 43.6 Å². The van der Waals surface area contributed by atoms with Crippen molar-refractivity contribution < 1.29 is 0 Å². The quantitative estimate of drug-likeness (QED) is 0.604. The monoisotopic (exact) mass is 434 g/mol. The summed E-state index contributed by atoms with van der Waals surface area (Å²) in [5.41, 5.74) is 2.48. The summed E-state index contributed by atoms with van der Waals surface area (Å²) in [6.07, 6.45) is 7.88. The Hall–Kier alpha value is -2.44. The van der Waals surface area contributed by atoms with E-state index in [1.54, 1.807) is 0 Å². The van der Waals surface area contributed by atoms with Crippen molar-refractivity contribution in [3.63, 3.8) is 0 Å². The van der Waals surface area contributed by atoms with E-state index in [1.807, 2.05) is 18.3 Å². The standard InChI is InChI=1S/C24H27ClN6/c25-19-7-8-21-18(14-19)15-30(20-4-3-5-20)16-23-27-28-24(31(21)23)17-9-12-29(13-10-17)22-6-1-2-11-26-22/h1-2,6-8,11,14,17,20H,3-5,9-10,12-13,15-16H2. The molecule has 6 nitrogen and oxygen atoms in total. The fourth-order valence-corrected chi connectivity index (χ4v) is 5.43. The summed E-state index contributed by atoms with van der Waals surface area (Å²) in [7, 11) is 0. The first-order chi connectivity index (χ1) is 15.3. The number of aromatic nitrogens is 4. The third kappa shape index (κ3) is 3.52. The number of fused-ring (bicyclic) bond motifs is 3. The number of piperidine rings is 1. The highest BCUT2D eigenvalue weighted by molar-refractivity contribution is 6.30. The van der Waals surface area contributed by atoms with Gasteiger partial charge in [-0.2, -0.15) is 0 Å². The molecular weight excluding hydrogens is 408 g/mol. The fourth-order valence-electron chi connectivity index (χ4n) is 5.23. The van der Waals surface area contributed by atoms with E-state index in [4.69, 9.17) is 21.8 Å². The molecule has 2 fully saturated rings. The van der Waals surface area contributed by atoms with Crippen molar-refractivity contribution >= 4 is 17.4 Å². The van der Waals surface area contributed by atoms with Gasteiger partial charge in [-0.25, -0.2) is 4.98 Å². The van der Waals surface area contributed by atoms with Crippen molar-refractivity contribution in [3.05, 3.63) is 64.8 Å². The molecule has 0 bridgehead atoms. The molecule has 1 saturated heterocycles. The molecule has 0 atom stereocenters. The van der Waals surface area contributed by atoms with Crippen LogP contribution >= 0.6 is 11.6 Å². The minimum atomic E-state index is 0.403. The maximum atomic E-state index is 6.40. The van der Waals surface area contributed by atoms with Crippen LogP contribution in [-0.4, -0.2) is 43.8 Å². The summed E-state index contributed by atoms with van der Waals surface area (Å²) < 4.78 is 2.34. The molecule has 2 aliphatic heterocycles. The van der Waals surface area contributed by atoms with E-state index >= 15 is 0 Å². The van der Waals surface area contributed by atoms with Crippen molar-refractivity contribution in [2.45, 2.75) is 57.2 Å². The van der Waals surface area contributed by atoms with E-state index < -0.39 is 0 Å². The lowest BCUT2D eigenvalue weighted by molar-refractivity contribution is 0.110. The lowest BCUT2D eigenvalue weighted by Gasteiger charge is -2.36. The number of hydrogen-bond donors (Lipinski definition) is 0. The Morgan fingerprint density at radius 2 is 1.81 bits per heavy atom. The lowest BCUT2D eigenvalue weighted by Crippen LogP contribution is -2.38. The highest BCUT2D eigenvalue weighted by atomic mass is 35.5. The third-order valence-electron chi connectivity index (χ3n) is 7.18. The van der Waals surface area contributed by atoms with Crippen LogP contribution in [0.15, 0.2) is 42.6 Å². The Morgan fingerprint density at radius 1 is 0.935 bits per heavy atom. The predicted molar refractivity (Wildman–Crippen MR) is 122 cm³/mol. The van der Waals surface area contributed by atoms with Crippen LogP contribution in [0.4, 0.5) is 5.82 Å². The molecule has 1 saturated carbocycles. The van der Waals surface area contributed by atoms with Gasteiger partial charge >= 0.3 is 0 Å². The summed E-state index contributed by atoms with van der Waals surface area (Å²) in [6, 6.07) is 13.1. The summed E-state index contributed by atoms with van der Waals surface area (Å²) in [6.45, 7) is 3.77. The van der Waals surface area contributed by atoms with E-state index in [-0.39, 0.29) is 0 Å². The minimum absolute atomic E-state index is 0.403. The Bertz CT molecular complexity index is 1070. The highest BCUT2D eigenvalue weighted by Crippen LogP contribution is 2.36. The number of nitrogens with zero attached hydrogens (tertiary/aromatic N) is 6. The maximum absolute atomic E-state index is 6.40.